The van der Waals surface area contributed by atoms with Crippen LogP contribution in [0.4, 0.5) is 11.5 Å². The Morgan fingerprint density at radius 3 is 2.73 bits per heavy atom. The van der Waals surface area contributed by atoms with Crippen molar-refractivity contribution in [3.8, 4) is 0 Å². The van der Waals surface area contributed by atoms with Gasteiger partial charge in [-0.1, -0.05) is 24.3 Å². The molecule has 154 valence electrons. The fraction of sp³-hybridized carbons (Fsp3) is 0.360. The Bertz CT molecular complexity index is 1070. The molecule has 1 aromatic heterocycles. The lowest BCUT2D eigenvalue weighted by molar-refractivity contribution is -0.121. The normalized spacial score (nSPS) is 19.6. The molecule has 5 rings (SSSR count). The molecule has 5 heteroatoms. The summed E-state index contributed by atoms with van der Waals surface area (Å²) in [5.74, 6) is 1.14. The summed E-state index contributed by atoms with van der Waals surface area (Å²) in [5, 5.41) is 7.74. The molecular formula is C25H28N4O. The van der Waals surface area contributed by atoms with E-state index in [2.05, 4.69) is 52.9 Å². The fourth-order valence-corrected chi connectivity index (χ4v) is 4.68. The Labute approximate surface area is 177 Å². The molecule has 0 bridgehead atoms. The number of likely N-dealkylation sites (tertiary alicyclic amines) is 1. The topological polar surface area (TPSA) is 57.3 Å². The van der Waals surface area contributed by atoms with Crippen molar-refractivity contribution >= 4 is 28.3 Å². The first-order valence-corrected chi connectivity index (χ1v) is 10.9. The van der Waals surface area contributed by atoms with E-state index >= 15 is 0 Å². The van der Waals surface area contributed by atoms with Gasteiger partial charge >= 0.3 is 0 Å². The first kappa shape index (κ1) is 19.1. The van der Waals surface area contributed by atoms with Crippen LogP contribution in [-0.2, 0) is 11.2 Å². The van der Waals surface area contributed by atoms with Crippen LogP contribution in [0.15, 0.2) is 54.6 Å². The Morgan fingerprint density at radius 2 is 1.87 bits per heavy atom. The Morgan fingerprint density at radius 1 is 1.03 bits per heavy atom. The molecule has 0 unspecified atom stereocenters. The van der Waals surface area contributed by atoms with E-state index in [1.165, 1.54) is 11.1 Å². The average Bonchev–Trinajstić information content (AvgIpc) is 3.17. The summed E-state index contributed by atoms with van der Waals surface area (Å²) in [7, 11) is 2.11. The second kappa shape index (κ2) is 8.07. The molecule has 2 N–H and O–H groups in total. The van der Waals surface area contributed by atoms with Crippen LogP contribution in [0.3, 0.4) is 0 Å². The van der Waals surface area contributed by atoms with Crippen molar-refractivity contribution in [3.63, 3.8) is 0 Å². The summed E-state index contributed by atoms with van der Waals surface area (Å²) >= 11 is 0. The molecular weight excluding hydrogens is 372 g/mol. The van der Waals surface area contributed by atoms with Gasteiger partial charge in [-0.3, -0.25) is 4.79 Å². The highest BCUT2D eigenvalue weighted by Gasteiger charge is 2.24. The fourth-order valence-electron chi connectivity index (χ4n) is 4.68. The molecule has 1 saturated heterocycles. The van der Waals surface area contributed by atoms with Gasteiger partial charge in [0, 0.05) is 17.0 Å². The highest BCUT2D eigenvalue weighted by Crippen LogP contribution is 2.33. The van der Waals surface area contributed by atoms with Crippen LogP contribution in [0, 0.1) is 5.92 Å². The maximum absolute atomic E-state index is 12.6. The molecule has 3 aromatic rings. The van der Waals surface area contributed by atoms with Gasteiger partial charge in [-0.2, -0.15) is 0 Å². The van der Waals surface area contributed by atoms with Gasteiger partial charge in [-0.05, 0) is 87.3 Å². The number of benzene rings is 2. The number of rotatable bonds is 4. The van der Waals surface area contributed by atoms with Crippen molar-refractivity contribution in [2.24, 2.45) is 5.92 Å². The number of hydrogen-bond acceptors (Lipinski definition) is 4. The molecule has 2 aromatic carbocycles. The van der Waals surface area contributed by atoms with Crippen LogP contribution in [0.2, 0.25) is 0 Å². The predicted octanol–water partition coefficient (Wildman–Crippen LogP) is 4.61. The number of hydrogen-bond donors (Lipinski definition) is 2. The molecule has 1 aliphatic carbocycles. The second-order valence-electron chi connectivity index (χ2n) is 8.61. The van der Waals surface area contributed by atoms with E-state index in [9.17, 15) is 4.79 Å². The highest BCUT2D eigenvalue weighted by atomic mass is 16.1. The molecule has 1 fully saturated rings. The lowest BCUT2D eigenvalue weighted by atomic mass is 9.96. The van der Waals surface area contributed by atoms with E-state index in [1.54, 1.807) is 0 Å². The van der Waals surface area contributed by atoms with Crippen molar-refractivity contribution < 1.29 is 4.79 Å². The van der Waals surface area contributed by atoms with Crippen molar-refractivity contribution in [3.05, 3.63) is 65.7 Å². The minimum Gasteiger partial charge on any atom is -0.363 e. The van der Waals surface area contributed by atoms with Crippen LogP contribution in [-0.4, -0.2) is 35.9 Å². The lowest BCUT2D eigenvalue weighted by Crippen LogP contribution is -2.35. The lowest BCUT2D eigenvalue weighted by Gasteiger charge is -2.28. The zero-order valence-electron chi connectivity index (χ0n) is 17.4. The average molecular weight is 401 g/mol. The van der Waals surface area contributed by atoms with Crippen molar-refractivity contribution in [1.29, 1.82) is 0 Å². The van der Waals surface area contributed by atoms with Crippen molar-refractivity contribution in [1.82, 2.24) is 9.88 Å². The number of nitrogens with one attached hydrogen (secondary N) is 2. The number of carbonyl (C=O) groups excluding carboxylic acids is 1. The molecule has 0 saturated carbocycles. The van der Waals surface area contributed by atoms with Gasteiger partial charge in [-0.15, -0.1) is 0 Å². The number of amides is 1. The largest absolute Gasteiger partial charge is 0.363 e. The molecule has 1 aliphatic heterocycles. The number of aryl methyl sites for hydroxylation is 1. The van der Waals surface area contributed by atoms with Crippen LogP contribution < -0.4 is 10.6 Å². The van der Waals surface area contributed by atoms with Gasteiger partial charge in [0.1, 0.15) is 5.82 Å². The molecule has 2 aliphatic rings. The Kier molecular flexibility index (Phi) is 5.13. The number of aromatic nitrogens is 1. The molecule has 1 amide bonds. The maximum Gasteiger partial charge on any atom is 0.227 e. The quantitative estimate of drug-likeness (QED) is 0.671. The summed E-state index contributed by atoms with van der Waals surface area (Å²) in [5.41, 5.74) is 4.59. The van der Waals surface area contributed by atoms with Crippen molar-refractivity contribution in [2.75, 3.05) is 30.8 Å². The van der Waals surface area contributed by atoms with E-state index in [1.807, 2.05) is 24.3 Å². The minimum atomic E-state index is 0.107. The number of pyridine rings is 1. The summed E-state index contributed by atoms with van der Waals surface area (Å²) < 4.78 is 0. The number of anilines is 2. The van der Waals surface area contributed by atoms with Gasteiger partial charge in [0.2, 0.25) is 5.91 Å². The molecule has 1 atom stereocenters. The standard InChI is InChI=1S/C25H28N4O/c1-29-14-12-18(13-15-29)25(30)26-20-8-10-22-19(16-20)7-11-24(27-22)28-23-9-6-17-4-2-3-5-21(17)23/h2-5,7-8,10-11,16,18,23H,6,9,12-15H2,1H3,(H,26,30)(H,27,28)/t23-/m1/s1. The third kappa shape index (κ3) is 3.90. The van der Waals surface area contributed by atoms with Crippen LogP contribution in [0.5, 0.6) is 0 Å². The van der Waals surface area contributed by atoms with E-state index < -0.39 is 0 Å². The van der Waals surface area contributed by atoms with Crippen LogP contribution in [0.25, 0.3) is 10.9 Å². The van der Waals surface area contributed by atoms with Gasteiger partial charge in [0.15, 0.2) is 0 Å². The zero-order chi connectivity index (χ0) is 20.5. The number of fused-ring (bicyclic) bond motifs is 2. The van der Waals surface area contributed by atoms with E-state index in [-0.39, 0.29) is 11.8 Å². The van der Waals surface area contributed by atoms with Gasteiger partial charge < -0.3 is 15.5 Å². The predicted molar refractivity (Wildman–Crippen MR) is 122 cm³/mol. The number of carbonyl (C=O) groups is 1. The minimum absolute atomic E-state index is 0.107. The summed E-state index contributed by atoms with van der Waals surface area (Å²) in [6.45, 7) is 1.97. The SMILES string of the molecule is CN1CCC(C(=O)Nc2ccc3nc(N[C@@H]4CCc5ccccc54)ccc3c2)CC1. The summed E-state index contributed by atoms with van der Waals surface area (Å²) in [4.78, 5) is 19.7. The van der Waals surface area contributed by atoms with E-state index in [4.69, 9.17) is 4.98 Å². The van der Waals surface area contributed by atoms with E-state index in [0.717, 1.165) is 61.2 Å². The summed E-state index contributed by atoms with van der Waals surface area (Å²) in [6.07, 6.45) is 4.07. The zero-order valence-corrected chi connectivity index (χ0v) is 17.4. The summed E-state index contributed by atoms with van der Waals surface area (Å²) in [6, 6.07) is 19.0. The second-order valence-corrected chi connectivity index (χ2v) is 8.61. The monoisotopic (exact) mass is 400 g/mol. The van der Waals surface area contributed by atoms with Gasteiger partial charge in [0.05, 0.1) is 11.6 Å². The van der Waals surface area contributed by atoms with Gasteiger partial charge in [0.25, 0.3) is 0 Å². The smallest absolute Gasteiger partial charge is 0.227 e. The molecule has 30 heavy (non-hydrogen) atoms. The maximum atomic E-state index is 12.6. The van der Waals surface area contributed by atoms with Crippen LogP contribution in [0.1, 0.15) is 36.4 Å². The van der Waals surface area contributed by atoms with Crippen LogP contribution >= 0.6 is 0 Å². The molecule has 5 nitrogen and oxygen atoms in total. The number of piperidine rings is 1. The molecule has 2 heterocycles. The van der Waals surface area contributed by atoms with E-state index in [0.29, 0.717) is 6.04 Å². The first-order chi connectivity index (χ1) is 14.7. The third-order valence-electron chi connectivity index (χ3n) is 6.50. The Hall–Kier alpha value is -2.92. The highest BCUT2D eigenvalue weighted by molar-refractivity contribution is 5.95. The molecule has 0 spiro atoms. The van der Waals surface area contributed by atoms with Crippen molar-refractivity contribution in [2.45, 2.75) is 31.7 Å². The van der Waals surface area contributed by atoms with Gasteiger partial charge in [-0.25, -0.2) is 4.98 Å². The Balaban J connectivity index is 1.28. The number of nitrogens with zero attached hydrogens (tertiary/aromatic N) is 2. The molecule has 0 radical (unpaired) electrons. The first-order valence-electron chi connectivity index (χ1n) is 10.9. The third-order valence-corrected chi connectivity index (χ3v) is 6.50.